The molecule has 0 bridgehead atoms. The van der Waals surface area contributed by atoms with Crippen LogP contribution in [0.25, 0.3) is 0 Å². The summed E-state index contributed by atoms with van der Waals surface area (Å²) in [6.07, 6.45) is 1.04. The molecular weight excluding hydrogens is 379 g/mol. The summed E-state index contributed by atoms with van der Waals surface area (Å²) in [7, 11) is -3.62. The zero-order chi connectivity index (χ0) is 19.3. The van der Waals surface area contributed by atoms with E-state index in [1.165, 1.54) is 12.1 Å². The fraction of sp³-hybridized carbons (Fsp3) is 0.278. The van der Waals surface area contributed by atoms with Crippen molar-refractivity contribution in [3.63, 3.8) is 0 Å². The minimum absolute atomic E-state index is 0.00312. The van der Waals surface area contributed by atoms with Crippen molar-refractivity contribution in [2.24, 2.45) is 0 Å². The Balaban J connectivity index is 2.07. The third-order valence-corrected chi connectivity index (χ3v) is 5.41. The number of nitrogens with zero attached hydrogens (tertiary/aromatic N) is 1. The minimum atomic E-state index is -3.62. The van der Waals surface area contributed by atoms with Gasteiger partial charge in [-0.2, -0.15) is 4.31 Å². The van der Waals surface area contributed by atoms with Crippen LogP contribution in [0.15, 0.2) is 48.5 Å². The molecule has 1 amide bonds. The Bertz CT molecular complexity index is 872. The molecule has 0 spiro atoms. The standard InChI is InChI=1S/C18H20ClFN2O3S/c1-13(14-7-9-16(20)10-8-14)21-18(23)12-22(26(2,24)25)11-15-5-3-4-6-17(15)19/h3-10,13H,11-12H2,1-2H3,(H,21,23). The van der Waals surface area contributed by atoms with Gasteiger partial charge in [0, 0.05) is 11.6 Å². The zero-order valence-corrected chi connectivity index (χ0v) is 16.0. The van der Waals surface area contributed by atoms with Crippen LogP contribution in [-0.4, -0.2) is 31.4 Å². The van der Waals surface area contributed by atoms with Crippen LogP contribution in [0.2, 0.25) is 5.02 Å². The summed E-state index contributed by atoms with van der Waals surface area (Å²) in [5.41, 5.74) is 1.33. The van der Waals surface area contributed by atoms with E-state index in [1.807, 2.05) is 0 Å². The van der Waals surface area contributed by atoms with Gasteiger partial charge in [-0.3, -0.25) is 4.79 Å². The van der Waals surface area contributed by atoms with Crippen LogP contribution in [0.4, 0.5) is 4.39 Å². The Morgan fingerprint density at radius 1 is 1.19 bits per heavy atom. The molecule has 0 heterocycles. The number of hydrogen-bond acceptors (Lipinski definition) is 3. The third kappa shape index (κ3) is 5.79. The first-order valence-corrected chi connectivity index (χ1v) is 10.1. The van der Waals surface area contributed by atoms with E-state index in [0.29, 0.717) is 10.6 Å². The maximum absolute atomic E-state index is 13.0. The topological polar surface area (TPSA) is 66.5 Å². The van der Waals surface area contributed by atoms with Gasteiger partial charge in [0.1, 0.15) is 5.82 Å². The number of halogens is 2. The lowest BCUT2D eigenvalue weighted by Crippen LogP contribution is -2.40. The molecule has 0 aliphatic heterocycles. The number of carbonyl (C=O) groups excluding carboxylic acids is 1. The molecule has 26 heavy (non-hydrogen) atoms. The highest BCUT2D eigenvalue weighted by Crippen LogP contribution is 2.18. The van der Waals surface area contributed by atoms with Gasteiger partial charge in [0.15, 0.2) is 0 Å². The van der Waals surface area contributed by atoms with Gasteiger partial charge >= 0.3 is 0 Å². The molecule has 2 aromatic carbocycles. The van der Waals surface area contributed by atoms with Gasteiger partial charge in [-0.25, -0.2) is 12.8 Å². The second-order valence-corrected chi connectivity index (χ2v) is 8.35. The molecule has 140 valence electrons. The van der Waals surface area contributed by atoms with E-state index < -0.39 is 15.9 Å². The first kappa shape index (κ1) is 20.4. The van der Waals surface area contributed by atoms with Gasteiger partial charge in [-0.1, -0.05) is 41.9 Å². The lowest BCUT2D eigenvalue weighted by molar-refractivity contribution is -0.122. The number of hydrogen-bond donors (Lipinski definition) is 1. The molecule has 0 aliphatic rings. The number of amides is 1. The normalized spacial score (nSPS) is 12.8. The number of rotatable bonds is 7. The van der Waals surface area contributed by atoms with E-state index in [1.54, 1.807) is 43.3 Å². The highest BCUT2D eigenvalue weighted by Gasteiger charge is 2.22. The number of sulfonamides is 1. The predicted molar refractivity (Wildman–Crippen MR) is 99.7 cm³/mol. The SMILES string of the molecule is CC(NC(=O)CN(Cc1ccccc1Cl)S(C)(=O)=O)c1ccc(F)cc1. The molecule has 0 fully saturated rings. The van der Waals surface area contributed by atoms with Crippen molar-refractivity contribution in [3.05, 3.63) is 70.5 Å². The first-order chi connectivity index (χ1) is 12.2. The Kier molecular flexibility index (Phi) is 6.75. The van der Waals surface area contributed by atoms with Crippen molar-refractivity contribution < 1.29 is 17.6 Å². The second kappa shape index (κ2) is 8.62. The maximum atomic E-state index is 13.0. The summed E-state index contributed by atoms with van der Waals surface area (Å²) in [5.74, 6) is -0.824. The van der Waals surface area contributed by atoms with E-state index in [0.717, 1.165) is 16.1 Å². The molecule has 0 saturated heterocycles. The van der Waals surface area contributed by atoms with E-state index in [2.05, 4.69) is 5.32 Å². The van der Waals surface area contributed by atoms with Crippen LogP contribution < -0.4 is 5.32 Å². The number of carbonyl (C=O) groups is 1. The Hall–Kier alpha value is -1.96. The molecule has 5 nitrogen and oxygen atoms in total. The summed E-state index contributed by atoms with van der Waals surface area (Å²) < 4.78 is 38.1. The molecule has 2 aromatic rings. The van der Waals surface area contributed by atoms with E-state index in [9.17, 15) is 17.6 Å². The van der Waals surface area contributed by atoms with Crippen molar-refractivity contribution in [1.82, 2.24) is 9.62 Å². The van der Waals surface area contributed by atoms with Crippen molar-refractivity contribution >= 4 is 27.5 Å². The van der Waals surface area contributed by atoms with Crippen LogP contribution in [0.1, 0.15) is 24.1 Å². The smallest absolute Gasteiger partial charge is 0.235 e. The van der Waals surface area contributed by atoms with Crippen LogP contribution in [0.3, 0.4) is 0 Å². The molecule has 8 heteroatoms. The van der Waals surface area contributed by atoms with Gasteiger partial charge in [0.2, 0.25) is 15.9 Å². The highest BCUT2D eigenvalue weighted by atomic mass is 35.5. The average molecular weight is 399 g/mol. The number of nitrogens with one attached hydrogen (secondary N) is 1. The average Bonchev–Trinajstić information content (AvgIpc) is 2.55. The quantitative estimate of drug-likeness (QED) is 0.779. The van der Waals surface area contributed by atoms with E-state index in [4.69, 9.17) is 11.6 Å². The third-order valence-electron chi connectivity index (χ3n) is 3.84. The Labute approximate surface area is 157 Å². The Morgan fingerprint density at radius 3 is 2.38 bits per heavy atom. The van der Waals surface area contributed by atoms with Crippen LogP contribution in [0, 0.1) is 5.82 Å². The molecule has 2 rings (SSSR count). The fourth-order valence-corrected chi connectivity index (χ4v) is 3.31. The zero-order valence-electron chi connectivity index (χ0n) is 14.4. The van der Waals surface area contributed by atoms with Gasteiger partial charge < -0.3 is 5.32 Å². The van der Waals surface area contributed by atoms with Crippen LogP contribution in [-0.2, 0) is 21.4 Å². The summed E-state index contributed by atoms with van der Waals surface area (Å²) in [5, 5.41) is 3.15. The number of benzene rings is 2. The molecule has 1 unspecified atom stereocenters. The van der Waals surface area contributed by atoms with Gasteiger partial charge in [-0.15, -0.1) is 0 Å². The molecule has 0 saturated carbocycles. The second-order valence-electron chi connectivity index (χ2n) is 5.96. The van der Waals surface area contributed by atoms with Crippen molar-refractivity contribution in [2.75, 3.05) is 12.8 Å². The van der Waals surface area contributed by atoms with Gasteiger partial charge in [0.05, 0.1) is 18.8 Å². The van der Waals surface area contributed by atoms with Crippen molar-refractivity contribution in [3.8, 4) is 0 Å². The highest BCUT2D eigenvalue weighted by molar-refractivity contribution is 7.88. The first-order valence-electron chi connectivity index (χ1n) is 7.90. The Morgan fingerprint density at radius 2 is 1.81 bits per heavy atom. The summed E-state index contributed by atoms with van der Waals surface area (Å²) in [4.78, 5) is 12.3. The summed E-state index contributed by atoms with van der Waals surface area (Å²) >= 11 is 6.08. The summed E-state index contributed by atoms with van der Waals surface area (Å²) in [6.45, 7) is 1.40. The fourth-order valence-electron chi connectivity index (χ4n) is 2.39. The molecule has 1 N–H and O–H groups in total. The van der Waals surface area contributed by atoms with Crippen molar-refractivity contribution in [2.45, 2.75) is 19.5 Å². The summed E-state index contributed by atoms with van der Waals surface area (Å²) in [6, 6.07) is 12.2. The lowest BCUT2D eigenvalue weighted by Gasteiger charge is -2.22. The van der Waals surface area contributed by atoms with Crippen LogP contribution in [0.5, 0.6) is 0 Å². The lowest BCUT2D eigenvalue weighted by atomic mass is 10.1. The molecule has 0 aromatic heterocycles. The largest absolute Gasteiger partial charge is 0.348 e. The van der Waals surface area contributed by atoms with Gasteiger partial charge in [-0.05, 0) is 36.2 Å². The van der Waals surface area contributed by atoms with Crippen LogP contribution >= 0.6 is 11.6 Å². The predicted octanol–water partition coefficient (Wildman–Crippen LogP) is 3.12. The minimum Gasteiger partial charge on any atom is -0.348 e. The maximum Gasteiger partial charge on any atom is 0.235 e. The van der Waals surface area contributed by atoms with Gasteiger partial charge in [0.25, 0.3) is 0 Å². The van der Waals surface area contributed by atoms with E-state index in [-0.39, 0.29) is 24.9 Å². The monoisotopic (exact) mass is 398 g/mol. The van der Waals surface area contributed by atoms with Crippen molar-refractivity contribution in [1.29, 1.82) is 0 Å². The molecule has 1 atom stereocenters. The molecule has 0 radical (unpaired) electrons. The van der Waals surface area contributed by atoms with E-state index >= 15 is 0 Å². The molecule has 0 aliphatic carbocycles. The molecular formula is C18H20ClFN2O3S.